The van der Waals surface area contributed by atoms with Crippen LogP contribution in [0.3, 0.4) is 0 Å². The number of nitrogens with one attached hydrogen (secondary N) is 1. The second kappa shape index (κ2) is 7.38. The highest BCUT2D eigenvalue weighted by Crippen LogP contribution is 2.13. The van der Waals surface area contributed by atoms with Crippen molar-refractivity contribution in [3.05, 3.63) is 68.6 Å². The van der Waals surface area contributed by atoms with Crippen molar-refractivity contribution in [2.24, 2.45) is 0 Å². The molecule has 0 saturated heterocycles. The van der Waals surface area contributed by atoms with Crippen LogP contribution in [-0.2, 0) is 13.1 Å². The van der Waals surface area contributed by atoms with Crippen molar-refractivity contribution in [1.29, 1.82) is 0 Å². The standard InChI is InChI=1S/C18H24N2O2/c1-13-6-4-5-7-16(13)11-20(8-9-21)12-17-15(3)18(22)14(2)10-19-17/h4-7,10,21H,8-9,11-12H2,1-3H3,(H,19,22). The van der Waals surface area contributed by atoms with Crippen molar-refractivity contribution < 1.29 is 5.11 Å². The molecule has 0 atom stereocenters. The average Bonchev–Trinajstić information content (AvgIpc) is 2.50. The predicted octanol–water partition coefficient (Wildman–Crippen LogP) is 2.29. The molecule has 118 valence electrons. The van der Waals surface area contributed by atoms with E-state index in [0.717, 1.165) is 23.4 Å². The number of pyridine rings is 1. The highest BCUT2D eigenvalue weighted by molar-refractivity contribution is 5.26. The first-order valence-corrected chi connectivity index (χ1v) is 7.58. The summed E-state index contributed by atoms with van der Waals surface area (Å²) in [7, 11) is 0. The topological polar surface area (TPSA) is 56.3 Å². The number of aromatic nitrogens is 1. The number of aliphatic hydroxyl groups is 1. The molecule has 0 fully saturated rings. The normalized spacial score (nSPS) is 11.1. The summed E-state index contributed by atoms with van der Waals surface area (Å²) >= 11 is 0. The Balaban J connectivity index is 2.21. The lowest BCUT2D eigenvalue weighted by molar-refractivity contribution is 0.182. The van der Waals surface area contributed by atoms with Crippen molar-refractivity contribution >= 4 is 0 Å². The molecule has 4 heteroatoms. The molecular weight excluding hydrogens is 276 g/mol. The number of aromatic amines is 1. The summed E-state index contributed by atoms with van der Waals surface area (Å²) < 4.78 is 0. The van der Waals surface area contributed by atoms with Crippen LogP contribution >= 0.6 is 0 Å². The Labute approximate surface area is 131 Å². The van der Waals surface area contributed by atoms with Crippen LogP contribution in [0, 0.1) is 20.8 Å². The molecule has 0 radical (unpaired) electrons. The third kappa shape index (κ3) is 3.84. The summed E-state index contributed by atoms with van der Waals surface area (Å²) in [4.78, 5) is 17.4. The molecule has 1 aromatic carbocycles. The molecule has 0 aliphatic rings. The Morgan fingerprint density at radius 2 is 1.82 bits per heavy atom. The summed E-state index contributed by atoms with van der Waals surface area (Å²) in [6.45, 7) is 7.80. The highest BCUT2D eigenvalue weighted by atomic mass is 16.3. The van der Waals surface area contributed by atoms with Gasteiger partial charge in [-0.15, -0.1) is 0 Å². The van der Waals surface area contributed by atoms with Crippen LogP contribution in [-0.4, -0.2) is 28.1 Å². The van der Waals surface area contributed by atoms with Gasteiger partial charge in [-0.25, -0.2) is 0 Å². The number of hydrogen-bond donors (Lipinski definition) is 2. The Kier molecular flexibility index (Phi) is 5.52. The minimum absolute atomic E-state index is 0.0913. The molecule has 2 rings (SSSR count). The summed E-state index contributed by atoms with van der Waals surface area (Å²) in [5.41, 5.74) is 4.97. The van der Waals surface area contributed by atoms with Gasteiger partial charge in [-0.2, -0.15) is 0 Å². The van der Waals surface area contributed by atoms with Gasteiger partial charge in [0.2, 0.25) is 0 Å². The summed E-state index contributed by atoms with van der Waals surface area (Å²) in [5.74, 6) is 0. The van der Waals surface area contributed by atoms with E-state index in [0.29, 0.717) is 13.1 Å². The summed E-state index contributed by atoms with van der Waals surface area (Å²) in [5, 5.41) is 9.32. The number of hydrogen-bond acceptors (Lipinski definition) is 3. The van der Waals surface area contributed by atoms with E-state index in [1.54, 1.807) is 6.20 Å². The van der Waals surface area contributed by atoms with Gasteiger partial charge < -0.3 is 10.1 Å². The lowest BCUT2D eigenvalue weighted by Crippen LogP contribution is -2.28. The van der Waals surface area contributed by atoms with Crippen LogP contribution in [0.25, 0.3) is 0 Å². The van der Waals surface area contributed by atoms with E-state index in [4.69, 9.17) is 0 Å². The molecule has 1 heterocycles. The second-order valence-corrected chi connectivity index (χ2v) is 5.77. The Bertz CT molecular complexity index is 692. The molecule has 0 unspecified atom stereocenters. The lowest BCUT2D eigenvalue weighted by atomic mass is 10.1. The molecule has 0 spiro atoms. The van der Waals surface area contributed by atoms with E-state index in [-0.39, 0.29) is 12.0 Å². The lowest BCUT2D eigenvalue weighted by Gasteiger charge is -2.23. The molecule has 2 aromatic rings. The second-order valence-electron chi connectivity index (χ2n) is 5.77. The van der Waals surface area contributed by atoms with Gasteiger partial charge in [-0.1, -0.05) is 24.3 Å². The molecule has 22 heavy (non-hydrogen) atoms. The van der Waals surface area contributed by atoms with Gasteiger partial charge in [0.15, 0.2) is 5.43 Å². The van der Waals surface area contributed by atoms with Gasteiger partial charge >= 0.3 is 0 Å². The molecule has 4 nitrogen and oxygen atoms in total. The zero-order chi connectivity index (χ0) is 16.1. The Morgan fingerprint density at radius 1 is 1.09 bits per heavy atom. The van der Waals surface area contributed by atoms with Crippen molar-refractivity contribution in [1.82, 2.24) is 9.88 Å². The highest BCUT2D eigenvalue weighted by Gasteiger charge is 2.12. The van der Waals surface area contributed by atoms with Crippen molar-refractivity contribution in [3.8, 4) is 0 Å². The van der Waals surface area contributed by atoms with Gasteiger partial charge in [0.1, 0.15) is 0 Å². The monoisotopic (exact) mass is 300 g/mol. The van der Waals surface area contributed by atoms with Gasteiger partial charge in [0.05, 0.1) is 6.61 Å². The number of rotatable bonds is 6. The fourth-order valence-electron chi connectivity index (χ4n) is 2.57. The molecule has 0 aliphatic heterocycles. The molecule has 0 bridgehead atoms. The molecule has 0 amide bonds. The zero-order valence-electron chi connectivity index (χ0n) is 13.5. The van der Waals surface area contributed by atoms with Crippen LogP contribution < -0.4 is 5.43 Å². The van der Waals surface area contributed by atoms with Crippen molar-refractivity contribution in [3.63, 3.8) is 0 Å². The van der Waals surface area contributed by atoms with Crippen LogP contribution in [0.15, 0.2) is 35.3 Å². The van der Waals surface area contributed by atoms with Crippen molar-refractivity contribution in [2.75, 3.05) is 13.2 Å². The number of aryl methyl sites for hydroxylation is 2. The molecular formula is C18H24N2O2. The zero-order valence-corrected chi connectivity index (χ0v) is 13.5. The fourth-order valence-corrected chi connectivity index (χ4v) is 2.57. The maximum absolute atomic E-state index is 12.1. The number of aliphatic hydroxyl groups excluding tert-OH is 1. The predicted molar refractivity (Wildman–Crippen MR) is 88.9 cm³/mol. The van der Waals surface area contributed by atoms with Gasteiger partial charge in [0, 0.05) is 42.7 Å². The number of H-pyrrole nitrogens is 1. The number of nitrogens with zero attached hydrogens (tertiary/aromatic N) is 1. The van der Waals surface area contributed by atoms with Gasteiger partial charge in [0.25, 0.3) is 0 Å². The van der Waals surface area contributed by atoms with E-state index in [1.807, 2.05) is 26.0 Å². The van der Waals surface area contributed by atoms with Crippen LogP contribution in [0.1, 0.15) is 27.9 Å². The molecule has 1 aromatic heterocycles. The van der Waals surface area contributed by atoms with Crippen molar-refractivity contribution in [2.45, 2.75) is 33.9 Å². The van der Waals surface area contributed by atoms with Crippen LogP contribution in [0.2, 0.25) is 0 Å². The first-order chi connectivity index (χ1) is 10.5. The van der Waals surface area contributed by atoms with E-state index in [9.17, 15) is 9.90 Å². The average molecular weight is 300 g/mol. The number of benzene rings is 1. The minimum Gasteiger partial charge on any atom is -0.395 e. The maximum atomic E-state index is 12.1. The third-order valence-corrected chi connectivity index (χ3v) is 4.07. The Hall–Kier alpha value is -1.91. The Morgan fingerprint density at radius 3 is 2.50 bits per heavy atom. The molecule has 0 saturated carbocycles. The van der Waals surface area contributed by atoms with Gasteiger partial charge in [-0.05, 0) is 31.9 Å². The van der Waals surface area contributed by atoms with E-state index in [2.05, 4.69) is 28.9 Å². The SMILES string of the molecule is Cc1ccccc1CN(CCO)Cc1[nH]cc(C)c(=O)c1C. The summed E-state index contributed by atoms with van der Waals surface area (Å²) in [6.07, 6.45) is 1.76. The van der Waals surface area contributed by atoms with Crippen LogP contribution in [0.5, 0.6) is 0 Å². The third-order valence-electron chi connectivity index (χ3n) is 4.07. The smallest absolute Gasteiger partial charge is 0.187 e. The minimum atomic E-state index is 0.0913. The first-order valence-electron chi connectivity index (χ1n) is 7.58. The van der Waals surface area contributed by atoms with E-state index in [1.165, 1.54) is 11.1 Å². The quantitative estimate of drug-likeness (QED) is 0.860. The molecule has 2 N–H and O–H groups in total. The van der Waals surface area contributed by atoms with E-state index < -0.39 is 0 Å². The fraction of sp³-hybridized carbons (Fsp3) is 0.389. The first kappa shape index (κ1) is 16.5. The maximum Gasteiger partial charge on any atom is 0.187 e. The molecule has 0 aliphatic carbocycles. The summed E-state index contributed by atoms with van der Waals surface area (Å²) in [6, 6.07) is 8.24. The van der Waals surface area contributed by atoms with Gasteiger partial charge in [-0.3, -0.25) is 9.69 Å². The van der Waals surface area contributed by atoms with E-state index >= 15 is 0 Å². The largest absolute Gasteiger partial charge is 0.395 e. The van der Waals surface area contributed by atoms with Crippen LogP contribution in [0.4, 0.5) is 0 Å².